The third-order valence-corrected chi connectivity index (χ3v) is 5.61. The molecule has 2 fully saturated rings. The summed E-state index contributed by atoms with van der Waals surface area (Å²) >= 11 is 0. The van der Waals surface area contributed by atoms with Gasteiger partial charge in [-0.2, -0.15) is 5.11 Å². The van der Waals surface area contributed by atoms with Crippen molar-refractivity contribution in [2.75, 3.05) is 18.8 Å². The van der Waals surface area contributed by atoms with Crippen LogP contribution in [0, 0.1) is 17.4 Å². The van der Waals surface area contributed by atoms with Crippen molar-refractivity contribution in [3.8, 4) is 0 Å². The molecule has 1 aromatic carbocycles. The zero-order chi connectivity index (χ0) is 14.2. The fourth-order valence-corrected chi connectivity index (χ4v) is 4.73. The van der Waals surface area contributed by atoms with Crippen LogP contribution in [0.25, 0.3) is 0 Å². The molecule has 1 aliphatic heterocycles. The van der Waals surface area contributed by atoms with Gasteiger partial charge in [-0.05, 0) is 55.8 Å². The number of nitrogens with zero attached hydrogens (tertiary/aromatic N) is 1. The third-order valence-electron chi connectivity index (χ3n) is 5.61. The Kier molecular flexibility index (Phi) is 3.50. The summed E-state index contributed by atoms with van der Waals surface area (Å²) in [6, 6.07) is 6.04. The van der Waals surface area contributed by atoms with Crippen LogP contribution < -0.4 is 11.1 Å². The summed E-state index contributed by atoms with van der Waals surface area (Å²) in [7, 11) is 0. The van der Waals surface area contributed by atoms with Crippen molar-refractivity contribution in [2.45, 2.75) is 38.0 Å². The molecule has 4 N–H and O–H groups in total. The normalized spacial score (nSPS) is 32.9. The number of nitrogen functional groups attached to an aromatic ring is 1. The highest BCUT2D eigenvalue weighted by molar-refractivity contribution is 5.68. The highest BCUT2D eigenvalue weighted by Gasteiger charge is 2.50. The average molecular weight is 272 g/mol. The third kappa shape index (κ3) is 1.78. The topological polar surface area (TPSA) is 74.3 Å². The van der Waals surface area contributed by atoms with E-state index < -0.39 is 0 Å². The Morgan fingerprint density at radius 2 is 2.05 bits per heavy atom. The van der Waals surface area contributed by atoms with Gasteiger partial charge < -0.3 is 11.1 Å². The van der Waals surface area contributed by atoms with Crippen LogP contribution in [-0.2, 0) is 5.41 Å². The number of nitrogens with one attached hydrogen (secondary N) is 2. The summed E-state index contributed by atoms with van der Waals surface area (Å²) < 4.78 is 0. The minimum Gasteiger partial charge on any atom is -0.397 e. The first-order valence-electron chi connectivity index (χ1n) is 7.71. The standard InChI is InChI=1S/C16H24N4/c1-2-16(11-5-3-6-12(16)10-19-9-11)13-7-4-8-14(17)15(13)20-18/h4,7-8,11-12,18-19H,2-3,5-6,9-10,17H2,1H3. The lowest BCUT2D eigenvalue weighted by Gasteiger charge is -2.54. The highest BCUT2D eigenvalue weighted by Crippen LogP contribution is 2.54. The molecule has 2 unspecified atom stereocenters. The number of rotatable bonds is 3. The van der Waals surface area contributed by atoms with Crippen molar-refractivity contribution in [2.24, 2.45) is 17.0 Å². The van der Waals surface area contributed by atoms with Gasteiger partial charge in [0.2, 0.25) is 0 Å². The van der Waals surface area contributed by atoms with Gasteiger partial charge in [0.15, 0.2) is 0 Å². The summed E-state index contributed by atoms with van der Waals surface area (Å²) in [5, 5.41) is 7.36. The Balaban J connectivity index is 2.18. The summed E-state index contributed by atoms with van der Waals surface area (Å²) in [5.74, 6) is 1.28. The first-order valence-corrected chi connectivity index (χ1v) is 7.71. The van der Waals surface area contributed by atoms with E-state index in [-0.39, 0.29) is 5.41 Å². The molecule has 108 valence electrons. The molecule has 1 saturated heterocycles. The number of anilines is 1. The molecule has 1 aromatic rings. The maximum absolute atomic E-state index is 7.54. The number of para-hydroxylation sites is 1. The molecule has 0 aromatic heterocycles. The van der Waals surface area contributed by atoms with Crippen molar-refractivity contribution < 1.29 is 0 Å². The zero-order valence-electron chi connectivity index (χ0n) is 12.2. The monoisotopic (exact) mass is 272 g/mol. The van der Waals surface area contributed by atoms with Gasteiger partial charge in [-0.1, -0.05) is 25.5 Å². The van der Waals surface area contributed by atoms with E-state index in [0.717, 1.165) is 19.5 Å². The SMILES string of the molecule is CCC1(c2cccc(N)c2N=N)C2CCCC1CNC2. The number of hydrogen-bond donors (Lipinski definition) is 3. The first-order chi connectivity index (χ1) is 9.74. The van der Waals surface area contributed by atoms with Gasteiger partial charge >= 0.3 is 0 Å². The van der Waals surface area contributed by atoms with Crippen molar-refractivity contribution in [3.63, 3.8) is 0 Å². The van der Waals surface area contributed by atoms with Crippen LogP contribution in [0.5, 0.6) is 0 Å². The van der Waals surface area contributed by atoms with E-state index in [1.54, 1.807) is 0 Å². The Hall–Kier alpha value is -1.42. The number of fused-ring (bicyclic) bond motifs is 2. The fourth-order valence-electron chi connectivity index (χ4n) is 4.73. The van der Waals surface area contributed by atoms with E-state index in [1.165, 1.54) is 24.8 Å². The molecule has 1 heterocycles. The maximum Gasteiger partial charge on any atom is 0.112 e. The van der Waals surface area contributed by atoms with Crippen molar-refractivity contribution in [3.05, 3.63) is 23.8 Å². The molecule has 4 nitrogen and oxygen atoms in total. The van der Waals surface area contributed by atoms with Crippen LogP contribution in [0.3, 0.4) is 0 Å². The van der Waals surface area contributed by atoms with E-state index in [0.29, 0.717) is 23.2 Å². The second kappa shape index (κ2) is 5.17. The smallest absolute Gasteiger partial charge is 0.112 e. The van der Waals surface area contributed by atoms with Crippen molar-refractivity contribution in [1.82, 2.24) is 5.32 Å². The van der Waals surface area contributed by atoms with Gasteiger partial charge in [0.1, 0.15) is 5.69 Å². The average Bonchev–Trinajstić information content (AvgIpc) is 2.45. The van der Waals surface area contributed by atoms with Gasteiger partial charge in [-0.15, -0.1) is 0 Å². The Morgan fingerprint density at radius 1 is 1.35 bits per heavy atom. The van der Waals surface area contributed by atoms with E-state index in [1.807, 2.05) is 12.1 Å². The van der Waals surface area contributed by atoms with Crippen LogP contribution in [0.15, 0.2) is 23.3 Å². The Morgan fingerprint density at radius 3 is 2.65 bits per heavy atom. The summed E-state index contributed by atoms with van der Waals surface area (Å²) in [6.07, 6.45) is 4.97. The molecule has 3 rings (SSSR count). The van der Waals surface area contributed by atoms with Crippen molar-refractivity contribution in [1.29, 1.82) is 5.53 Å². The fraction of sp³-hybridized carbons (Fsp3) is 0.625. The number of nitrogens with two attached hydrogens (primary N) is 1. The second-order valence-corrected chi connectivity index (χ2v) is 6.23. The van der Waals surface area contributed by atoms with E-state index in [9.17, 15) is 0 Å². The quantitative estimate of drug-likeness (QED) is 0.581. The minimum atomic E-state index is 0.152. The molecule has 20 heavy (non-hydrogen) atoms. The molecule has 2 atom stereocenters. The molecule has 0 radical (unpaired) electrons. The first kappa shape index (κ1) is 13.6. The second-order valence-electron chi connectivity index (χ2n) is 6.23. The van der Waals surface area contributed by atoms with Crippen LogP contribution >= 0.6 is 0 Å². The van der Waals surface area contributed by atoms with Crippen LogP contribution in [-0.4, -0.2) is 13.1 Å². The highest BCUT2D eigenvalue weighted by atomic mass is 15.0. The summed E-state index contributed by atoms with van der Waals surface area (Å²) in [4.78, 5) is 0. The number of piperidine rings is 1. The van der Waals surface area contributed by atoms with E-state index in [4.69, 9.17) is 11.3 Å². The van der Waals surface area contributed by atoms with Gasteiger partial charge in [0.25, 0.3) is 0 Å². The van der Waals surface area contributed by atoms with Crippen molar-refractivity contribution >= 4 is 11.4 Å². The molecule has 0 spiro atoms. The largest absolute Gasteiger partial charge is 0.397 e. The Labute approximate surface area is 120 Å². The molecule has 2 aliphatic rings. The van der Waals surface area contributed by atoms with Crippen LogP contribution in [0.4, 0.5) is 11.4 Å². The maximum atomic E-state index is 7.54. The lowest BCUT2D eigenvalue weighted by atomic mass is 9.53. The molecular formula is C16H24N4. The Bertz CT molecular complexity index is 489. The van der Waals surface area contributed by atoms with Gasteiger partial charge in [0, 0.05) is 5.41 Å². The van der Waals surface area contributed by atoms with Gasteiger partial charge in [-0.25, -0.2) is 5.53 Å². The molecule has 4 heteroatoms. The summed E-state index contributed by atoms with van der Waals surface area (Å²) in [5.41, 5.74) is 16.3. The molecular weight excluding hydrogens is 248 g/mol. The van der Waals surface area contributed by atoms with E-state index in [2.05, 4.69) is 23.4 Å². The predicted molar refractivity (Wildman–Crippen MR) is 81.3 cm³/mol. The molecule has 0 amide bonds. The van der Waals surface area contributed by atoms with Gasteiger partial charge in [0.05, 0.1) is 5.69 Å². The van der Waals surface area contributed by atoms with Gasteiger partial charge in [-0.3, -0.25) is 0 Å². The lowest BCUT2D eigenvalue weighted by molar-refractivity contribution is 0.0629. The summed E-state index contributed by atoms with van der Waals surface area (Å²) in [6.45, 7) is 4.45. The zero-order valence-corrected chi connectivity index (χ0v) is 12.2. The predicted octanol–water partition coefficient (Wildman–Crippen LogP) is 3.60. The number of hydrogen-bond acceptors (Lipinski definition) is 4. The molecule has 2 bridgehead atoms. The van der Waals surface area contributed by atoms with Crippen LogP contribution in [0.1, 0.15) is 38.2 Å². The minimum absolute atomic E-state index is 0.152. The number of benzene rings is 1. The lowest BCUT2D eigenvalue weighted by Crippen LogP contribution is -2.56. The van der Waals surface area contributed by atoms with E-state index >= 15 is 0 Å². The molecule has 1 aliphatic carbocycles. The van der Waals surface area contributed by atoms with Crippen LogP contribution in [0.2, 0.25) is 0 Å². The molecule has 1 saturated carbocycles.